The van der Waals surface area contributed by atoms with Crippen LogP contribution in [0.15, 0.2) is 12.1 Å². The number of ketones is 1. The number of hydrogen-bond donors (Lipinski definition) is 1. The Morgan fingerprint density at radius 2 is 1.79 bits per heavy atom. The van der Waals surface area contributed by atoms with Crippen molar-refractivity contribution in [2.24, 2.45) is 0 Å². The Kier molecular flexibility index (Phi) is 4.89. The molecule has 0 saturated carbocycles. The Morgan fingerprint density at radius 3 is 2.33 bits per heavy atom. The van der Waals surface area contributed by atoms with Crippen LogP contribution in [0.1, 0.15) is 38.9 Å². The van der Waals surface area contributed by atoms with E-state index in [9.17, 15) is 27.9 Å². The molecule has 1 fully saturated rings. The molecule has 0 aromatic heterocycles. The first-order valence-corrected chi connectivity index (χ1v) is 7.32. The van der Waals surface area contributed by atoms with E-state index in [0.29, 0.717) is 12.1 Å². The highest BCUT2D eigenvalue weighted by atomic mass is 19.2. The number of benzene rings is 1. The van der Waals surface area contributed by atoms with Crippen LogP contribution < -0.4 is 0 Å². The second kappa shape index (κ2) is 6.43. The molecule has 1 heterocycles. The molecule has 8 heteroatoms. The van der Waals surface area contributed by atoms with Crippen LogP contribution in [0.5, 0.6) is 0 Å². The van der Waals surface area contributed by atoms with Gasteiger partial charge in [0.05, 0.1) is 6.04 Å². The minimum Gasteiger partial charge on any atom is -0.465 e. The average Bonchev–Trinajstić information content (AvgIpc) is 2.41. The lowest BCUT2D eigenvalue weighted by molar-refractivity contribution is -0.140. The Hall–Kier alpha value is -2.09. The van der Waals surface area contributed by atoms with Crippen LogP contribution in [0.4, 0.5) is 18.0 Å². The number of amides is 1. The van der Waals surface area contributed by atoms with Crippen molar-refractivity contribution in [2.75, 3.05) is 6.61 Å². The molecule has 132 valence electrons. The summed E-state index contributed by atoms with van der Waals surface area (Å²) in [6.07, 6.45) is -2.74. The van der Waals surface area contributed by atoms with Crippen molar-refractivity contribution in [1.29, 1.82) is 0 Å². The zero-order chi connectivity index (χ0) is 18.2. The minimum absolute atomic E-state index is 0.202. The van der Waals surface area contributed by atoms with Gasteiger partial charge < -0.3 is 9.84 Å². The van der Waals surface area contributed by atoms with Crippen LogP contribution >= 0.6 is 0 Å². The number of carbonyl (C=O) groups is 2. The van der Waals surface area contributed by atoms with Gasteiger partial charge in [0.25, 0.3) is 0 Å². The van der Waals surface area contributed by atoms with Crippen molar-refractivity contribution in [3.8, 4) is 0 Å². The number of carboxylic acid groups (broad SMARTS) is 1. The predicted octanol–water partition coefficient (Wildman–Crippen LogP) is 3.28. The topological polar surface area (TPSA) is 66.8 Å². The van der Waals surface area contributed by atoms with E-state index in [0.717, 1.165) is 4.90 Å². The first kappa shape index (κ1) is 18.3. The normalized spacial score (nSPS) is 21.7. The molecule has 1 aromatic carbocycles. The molecule has 0 radical (unpaired) electrons. The fourth-order valence-corrected chi connectivity index (χ4v) is 2.90. The van der Waals surface area contributed by atoms with Crippen molar-refractivity contribution >= 4 is 11.9 Å². The zero-order valence-electron chi connectivity index (χ0n) is 13.5. The van der Waals surface area contributed by atoms with Crippen molar-refractivity contribution in [3.05, 3.63) is 35.1 Å². The molecule has 0 bridgehead atoms. The first-order valence-electron chi connectivity index (χ1n) is 7.32. The summed E-state index contributed by atoms with van der Waals surface area (Å²) >= 11 is 0. The maximum atomic E-state index is 14.1. The molecule has 2 unspecified atom stereocenters. The molecule has 1 amide bonds. The molecule has 1 aliphatic heterocycles. The molecule has 2 atom stereocenters. The number of hydrogen-bond acceptors (Lipinski definition) is 3. The van der Waals surface area contributed by atoms with Crippen LogP contribution in [0, 0.1) is 17.5 Å². The minimum atomic E-state index is -1.36. The largest absolute Gasteiger partial charge is 0.465 e. The zero-order valence-corrected chi connectivity index (χ0v) is 13.5. The SMILES string of the molecule is CC(C)(C)N(C(=O)O)C1CC(=O)COC1c1cc(F)c(F)cc1F. The second-order valence-corrected chi connectivity index (χ2v) is 6.65. The summed E-state index contributed by atoms with van der Waals surface area (Å²) in [6, 6.07) is -0.0343. The molecule has 1 N–H and O–H groups in total. The van der Waals surface area contributed by atoms with Crippen molar-refractivity contribution < 1.29 is 32.6 Å². The maximum absolute atomic E-state index is 14.1. The summed E-state index contributed by atoms with van der Waals surface area (Å²) in [7, 11) is 0. The number of carbonyl (C=O) groups excluding carboxylic acids is 1. The Balaban J connectivity index is 2.52. The molecule has 24 heavy (non-hydrogen) atoms. The van der Waals surface area contributed by atoms with Crippen LogP contribution in [0.25, 0.3) is 0 Å². The van der Waals surface area contributed by atoms with E-state index in [1.807, 2.05) is 0 Å². The lowest BCUT2D eigenvalue weighted by Crippen LogP contribution is -2.56. The average molecular weight is 345 g/mol. The van der Waals surface area contributed by atoms with E-state index in [1.54, 1.807) is 20.8 Å². The standard InChI is InChI=1S/C16H18F3NO4/c1-16(2,3)20(15(22)23)13-4-8(21)7-24-14(13)9-5-11(18)12(19)6-10(9)17/h5-6,13-14H,4,7H2,1-3H3,(H,22,23). The van der Waals surface area contributed by atoms with E-state index >= 15 is 0 Å². The van der Waals surface area contributed by atoms with Gasteiger partial charge in [-0.05, 0) is 26.8 Å². The fourth-order valence-electron chi connectivity index (χ4n) is 2.90. The molecular formula is C16H18F3NO4. The fraction of sp³-hybridized carbons (Fsp3) is 0.500. The van der Waals surface area contributed by atoms with Crippen LogP contribution in [-0.2, 0) is 9.53 Å². The lowest BCUT2D eigenvalue weighted by atomic mass is 9.90. The van der Waals surface area contributed by atoms with Crippen molar-refractivity contribution in [1.82, 2.24) is 4.90 Å². The quantitative estimate of drug-likeness (QED) is 0.836. The highest BCUT2D eigenvalue weighted by Crippen LogP contribution is 2.36. The predicted molar refractivity (Wildman–Crippen MR) is 78.0 cm³/mol. The Morgan fingerprint density at radius 1 is 1.21 bits per heavy atom. The van der Waals surface area contributed by atoms with E-state index in [4.69, 9.17) is 4.74 Å². The van der Waals surface area contributed by atoms with Gasteiger partial charge in [-0.1, -0.05) is 0 Å². The number of halogens is 3. The molecule has 1 aromatic rings. The van der Waals surface area contributed by atoms with Crippen LogP contribution in [0.3, 0.4) is 0 Å². The highest BCUT2D eigenvalue weighted by Gasteiger charge is 2.43. The summed E-state index contributed by atoms with van der Waals surface area (Å²) in [5.74, 6) is -4.04. The molecule has 0 spiro atoms. The monoisotopic (exact) mass is 345 g/mol. The molecule has 0 aliphatic carbocycles. The number of rotatable bonds is 2. The van der Waals surface area contributed by atoms with Gasteiger partial charge in [0.1, 0.15) is 18.5 Å². The Bertz CT molecular complexity index is 672. The summed E-state index contributed by atoms with van der Waals surface area (Å²) in [5, 5.41) is 9.51. The summed E-state index contributed by atoms with van der Waals surface area (Å²) in [5.41, 5.74) is -1.23. The highest BCUT2D eigenvalue weighted by molar-refractivity contribution is 5.82. The van der Waals surface area contributed by atoms with Gasteiger partial charge in [-0.15, -0.1) is 0 Å². The summed E-state index contributed by atoms with van der Waals surface area (Å²) in [4.78, 5) is 24.4. The van der Waals surface area contributed by atoms with E-state index in [-0.39, 0.29) is 24.4 Å². The van der Waals surface area contributed by atoms with Crippen molar-refractivity contribution in [3.63, 3.8) is 0 Å². The maximum Gasteiger partial charge on any atom is 0.408 e. The summed E-state index contributed by atoms with van der Waals surface area (Å²) in [6.45, 7) is 4.48. The molecule has 2 rings (SSSR count). The molecule has 1 aliphatic rings. The van der Waals surface area contributed by atoms with Crippen LogP contribution in [-0.4, -0.2) is 40.1 Å². The van der Waals surface area contributed by atoms with E-state index in [1.165, 1.54) is 0 Å². The van der Waals surface area contributed by atoms with E-state index in [2.05, 4.69) is 0 Å². The third-order valence-corrected chi connectivity index (χ3v) is 3.82. The lowest BCUT2D eigenvalue weighted by Gasteiger charge is -2.44. The van der Waals surface area contributed by atoms with Crippen molar-refractivity contribution in [2.45, 2.75) is 44.9 Å². The molecule has 1 saturated heterocycles. The van der Waals surface area contributed by atoms with Gasteiger partial charge in [-0.2, -0.15) is 0 Å². The van der Waals surface area contributed by atoms with Crippen LogP contribution in [0.2, 0.25) is 0 Å². The number of ether oxygens (including phenoxy) is 1. The number of Topliss-reactive ketones (excluding diaryl/α,β-unsaturated/α-hetero) is 1. The smallest absolute Gasteiger partial charge is 0.408 e. The van der Waals surface area contributed by atoms with E-state index < -0.39 is 41.2 Å². The molecular weight excluding hydrogens is 327 g/mol. The van der Waals surface area contributed by atoms with Gasteiger partial charge in [0.2, 0.25) is 0 Å². The second-order valence-electron chi connectivity index (χ2n) is 6.65. The first-order chi connectivity index (χ1) is 11.0. The van der Waals surface area contributed by atoms with Gasteiger partial charge in [0, 0.05) is 23.6 Å². The van der Waals surface area contributed by atoms with Gasteiger partial charge in [-0.3, -0.25) is 9.69 Å². The van der Waals surface area contributed by atoms with Gasteiger partial charge in [-0.25, -0.2) is 18.0 Å². The third-order valence-electron chi connectivity index (χ3n) is 3.82. The van der Waals surface area contributed by atoms with Gasteiger partial charge in [0.15, 0.2) is 17.4 Å². The molecule has 5 nitrogen and oxygen atoms in total. The number of nitrogens with zero attached hydrogens (tertiary/aromatic N) is 1. The summed E-state index contributed by atoms with van der Waals surface area (Å²) < 4.78 is 46.1. The van der Waals surface area contributed by atoms with Gasteiger partial charge >= 0.3 is 6.09 Å². The Labute approximate surface area is 137 Å². The third kappa shape index (κ3) is 3.53.